The van der Waals surface area contributed by atoms with E-state index in [2.05, 4.69) is 10.1 Å². The number of nitrogens with zero attached hydrogens (tertiary/aromatic N) is 2. The van der Waals surface area contributed by atoms with Gasteiger partial charge in [-0.2, -0.15) is 4.98 Å². The highest BCUT2D eigenvalue weighted by molar-refractivity contribution is 6.31. The second-order valence-electron chi connectivity index (χ2n) is 4.74. The van der Waals surface area contributed by atoms with Crippen LogP contribution in [-0.2, 0) is 10.3 Å². The molecule has 5 nitrogen and oxygen atoms in total. The molecule has 1 aromatic carbocycles. The van der Waals surface area contributed by atoms with Crippen LogP contribution in [0, 0.1) is 6.92 Å². The number of ether oxygens (including phenoxy) is 1. The van der Waals surface area contributed by atoms with Crippen molar-refractivity contribution >= 4 is 11.6 Å². The first-order valence-corrected chi connectivity index (χ1v) is 6.20. The molecule has 0 fully saturated rings. The zero-order valence-electron chi connectivity index (χ0n) is 11.1. The fraction of sp³-hybridized carbons (Fsp3) is 0.385. The molecule has 0 aliphatic heterocycles. The lowest BCUT2D eigenvalue weighted by Gasteiger charge is -2.18. The lowest BCUT2D eigenvalue weighted by molar-refractivity contribution is 0.135. The molecule has 2 N–H and O–H groups in total. The highest BCUT2D eigenvalue weighted by Gasteiger charge is 2.27. The SMILES string of the molecule is COCC(C)(N)c1noc(-c2ccc(Cl)c(C)c2)n1. The number of hydrogen-bond donors (Lipinski definition) is 1. The van der Waals surface area contributed by atoms with Crippen LogP contribution in [-0.4, -0.2) is 23.9 Å². The van der Waals surface area contributed by atoms with E-state index in [1.165, 1.54) is 0 Å². The molecule has 2 rings (SSSR count). The Morgan fingerprint density at radius 1 is 1.47 bits per heavy atom. The number of aromatic nitrogens is 2. The largest absolute Gasteiger partial charge is 0.382 e. The lowest BCUT2D eigenvalue weighted by Crippen LogP contribution is -2.38. The van der Waals surface area contributed by atoms with Crippen molar-refractivity contribution in [1.82, 2.24) is 10.1 Å². The van der Waals surface area contributed by atoms with Crippen LogP contribution in [0.4, 0.5) is 0 Å². The molecule has 2 aromatic rings. The van der Waals surface area contributed by atoms with Gasteiger partial charge in [-0.1, -0.05) is 16.8 Å². The Morgan fingerprint density at radius 3 is 2.84 bits per heavy atom. The number of benzene rings is 1. The Hall–Kier alpha value is -1.43. The summed E-state index contributed by atoms with van der Waals surface area (Å²) < 4.78 is 10.3. The minimum Gasteiger partial charge on any atom is -0.382 e. The predicted molar refractivity (Wildman–Crippen MR) is 72.9 cm³/mol. The molecular formula is C13H16ClN3O2. The van der Waals surface area contributed by atoms with E-state index in [4.69, 9.17) is 26.6 Å². The number of methoxy groups -OCH3 is 1. The highest BCUT2D eigenvalue weighted by Crippen LogP contribution is 2.25. The van der Waals surface area contributed by atoms with Gasteiger partial charge in [0.25, 0.3) is 5.89 Å². The number of halogens is 1. The second-order valence-corrected chi connectivity index (χ2v) is 5.14. The van der Waals surface area contributed by atoms with Gasteiger partial charge >= 0.3 is 0 Å². The summed E-state index contributed by atoms with van der Waals surface area (Å²) in [5.74, 6) is 0.833. The van der Waals surface area contributed by atoms with E-state index in [1.54, 1.807) is 20.1 Å². The van der Waals surface area contributed by atoms with Crippen LogP contribution in [0.2, 0.25) is 5.02 Å². The Balaban J connectivity index is 2.33. The van der Waals surface area contributed by atoms with Gasteiger partial charge in [-0.25, -0.2) is 0 Å². The van der Waals surface area contributed by atoms with Crippen molar-refractivity contribution in [2.75, 3.05) is 13.7 Å². The summed E-state index contributed by atoms with van der Waals surface area (Å²) in [6.07, 6.45) is 0. The summed E-state index contributed by atoms with van der Waals surface area (Å²) in [4.78, 5) is 4.32. The van der Waals surface area contributed by atoms with Gasteiger partial charge in [-0.05, 0) is 37.6 Å². The van der Waals surface area contributed by atoms with Crippen molar-refractivity contribution in [2.24, 2.45) is 5.73 Å². The first-order valence-electron chi connectivity index (χ1n) is 5.82. The molecule has 1 heterocycles. The van der Waals surface area contributed by atoms with Gasteiger partial charge in [0.1, 0.15) is 5.54 Å². The normalized spacial score (nSPS) is 14.4. The van der Waals surface area contributed by atoms with Gasteiger partial charge < -0.3 is 15.0 Å². The maximum Gasteiger partial charge on any atom is 0.258 e. The predicted octanol–water partition coefficient (Wildman–Crippen LogP) is 2.52. The average molecular weight is 282 g/mol. The summed E-state index contributed by atoms with van der Waals surface area (Å²) in [5, 5.41) is 4.61. The van der Waals surface area contributed by atoms with Crippen molar-refractivity contribution in [3.8, 4) is 11.5 Å². The molecule has 0 aliphatic rings. The Labute approximate surface area is 116 Å². The zero-order chi connectivity index (χ0) is 14.0. The molecule has 0 radical (unpaired) electrons. The van der Waals surface area contributed by atoms with Gasteiger partial charge in [-0.15, -0.1) is 0 Å². The van der Waals surface area contributed by atoms with Crippen LogP contribution in [0.3, 0.4) is 0 Å². The molecule has 102 valence electrons. The smallest absolute Gasteiger partial charge is 0.258 e. The topological polar surface area (TPSA) is 74.2 Å². The van der Waals surface area contributed by atoms with Crippen molar-refractivity contribution in [1.29, 1.82) is 0 Å². The van der Waals surface area contributed by atoms with Crippen LogP contribution < -0.4 is 5.73 Å². The van der Waals surface area contributed by atoms with Crippen molar-refractivity contribution in [3.05, 3.63) is 34.6 Å². The standard InChI is InChI=1S/C13H16ClN3O2/c1-8-6-9(4-5-10(8)14)11-16-12(17-19-11)13(2,15)7-18-3/h4-6H,7,15H2,1-3H3. The van der Waals surface area contributed by atoms with Crippen LogP contribution in [0.15, 0.2) is 22.7 Å². The van der Waals surface area contributed by atoms with E-state index in [0.717, 1.165) is 11.1 Å². The van der Waals surface area contributed by atoms with Crippen molar-refractivity contribution in [3.63, 3.8) is 0 Å². The van der Waals surface area contributed by atoms with E-state index in [1.807, 2.05) is 19.1 Å². The Bertz CT molecular complexity index is 581. The van der Waals surface area contributed by atoms with Gasteiger partial charge in [0.2, 0.25) is 0 Å². The molecule has 0 aliphatic carbocycles. The maximum atomic E-state index is 6.06. The zero-order valence-corrected chi connectivity index (χ0v) is 11.9. The number of aryl methyl sites for hydroxylation is 1. The van der Waals surface area contributed by atoms with Crippen LogP contribution in [0.25, 0.3) is 11.5 Å². The van der Waals surface area contributed by atoms with Gasteiger partial charge in [0, 0.05) is 17.7 Å². The summed E-state index contributed by atoms with van der Waals surface area (Å²) in [5.41, 5.74) is 7.05. The van der Waals surface area contributed by atoms with E-state index >= 15 is 0 Å². The fourth-order valence-electron chi connectivity index (χ4n) is 1.71. The number of rotatable bonds is 4. The number of hydrogen-bond acceptors (Lipinski definition) is 5. The van der Waals surface area contributed by atoms with E-state index < -0.39 is 5.54 Å². The minimum atomic E-state index is -0.780. The second kappa shape index (κ2) is 5.28. The minimum absolute atomic E-state index is 0.311. The average Bonchev–Trinajstić information content (AvgIpc) is 2.83. The van der Waals surface area contributed by atoms with Crippen LogP contribution in [0.1, 0.15) is 18.3 Å². The van der Waals surface area contributed by atoms with Crippen LogP contribution >= 0.6 is 11.6 Å². The summed E-state index contributed by atoms with van der Waals surface area (Å²) in [6, 6.07) is 5.52. The van der Waals surface area contributed by atoms with Crippen LogP contribution in [0.5, 0.6) is 0 Å². The first kappa shape index (κ1) is 14.0. The third-order valence-corrected chi connectivity index (χ3v) is 3.21. The summed E-state index contributed by atoms with van der Waals surface area (Å²) in [7, 11) is 1.58. The monoisotopic (exact) mass is 281 g/mol. The third kappa shape index (κ3) is 2.94. The molecule has 1 aromatic heterocycles. The molecule has 0 spiro atoms. The number of nitrogens with two attached hydrogens (primary N) is 1. The van der Waals surface area contributed by atoms with E-state index in [-0.39, 0.29) is 0 Å². The van der Waals surface area contributed by atoms with Crippen molar-refractivity contribution in [2.45, 2.75) is 19.4 Å². The van der Waals surface area contributed by atoms with Gasteiger partial charge in [-0.3, -0.25) is 0 Å². The molecule has 6 heteroatoms. The molecule has 19 heavy (non-hydrogen) atoms. The maximum absolute atomic E-state index is 6.06. The van der Waals surface area contributed by atoms with Gasteiger partial charge in [0.15, 0.2) is 5.82 Å². The Morgan fingerprint density at radius 2 is 2.21 bits per heavy atom. The van der Waals surface area contributed by atoms with E-state index in [9.17, 15) is 0 Å². The Kier molecular flexibility index (Phi) is 3.89. The fourth-order valence-corrected chi connectivity index (χ4v) is 1.83. The molecule has 0 bridgehead atoms. The molecule has 0 saturated carbocycles. The summed E-state index contributed by atoms with van der Waals surface area (Å²) in [6.45, 7) is 4.02. The molecule has 1 unspecified atom stereocenters. The summed E-state index contributed by atoms with van der Waals surface area (Å²) >= 11 is 5.98. The lowest BCUT2D eigenvalue weighted by atomic mass is 10.1. The quantitative estimate of drug-likeness (QED) is 0.932. The molecule has 0 saturated heterocycles. The molecular weight excluding hydrogens is 266 g/mol. The first-order chi connectivity index (χ1) is 8.94. The van der Waals surface area contributed by atoms with Gasteiger partial charge in [0.05, 0.1) is 6.61 Å². The third-order valence-electron chi connectivity index (χ3n) is 2.79. The van der Waals surface area contributed by atoms with E-state index in [0.29, 0.717) is 23.3 Å². The van der Waals surface area contributed by atoms with Crippen molar-refractivity contribution < 1.29 is 9.26 Å². The highest BCUT2D eigenvalue weighted by atomic mass is 35.5. The molecule has 0 amide bonds. The molecule has 1 atom stereocenters.